The third-order valence-electron chi connectivity index (χ3n) is 4.51. The number of pyridine rings is 1. The molecule has 30 heavy (non-hydrogen) atoms. The standard InChI is InChI=1S/C23H19ClN4O2/c1-15-4-3-5-19(12-15)26-23(29)30-25-14-20-22(17-6-8-18(24)9-7-17)27-21-13-16(2)10-11-28(20)21/h3-14H,1-2H3,(H,26,29)/b25-14+. The minimum Gasteiger partial charge on any atom is -0.298 e. The van der Waals surface area contributed by atoms with E-state index in [2.05, 4.69) is 10.5 Å². The molecule has 0 saturated heterocycles. The molecule has 0 spiro atoms. The number of aromatic nitrogens is 2. The number of imidazole rings is 1. The molecule has 150 valence electrons. The van der Waals surface area contributed by atoms with E-state index in [9.17, 15) is 4.79 Å². The van der Waals surface area contributed by atoms with Gasteiger partial charge in [0.05, 0.1) is 17.6 Å². The summed E-state index contributed by atoms with van der Waals surface area (Å²) in [5, 5.41) is 7.18. The fraction of sp³-hybridized carbons (Fsp3) is 0.0870. The first-order valence-electron chi connectivity index (χ1n) is 9.32. The highest BCUT2D eigenvalue weighted by Crippen LogP contribution is 2.25. The Hall–Kier alpha value is -3.64. The number of hydrogen-bond donors (Lipinski definition) is 1. The van der Waals surface area contributed by atoms with Crippen LogP contribution in [-0.2, 0) is 4.84 Å². The zero-order valence-corrected chi connectivity index (χ0v) is 17.2. The van der Waals surface area contributed by atoms with Gasteiger partial charge in [-0.25, -0.2) is 9.78 Å². The zero-order chi connectivity index (χ0) is 21.1. The van der Waals surface area contributed by atoms with Crippen LogP contribution in [0.25, 0.3) is 16.9 Å². The van der Waals surface area contributed by atoms with Crippen molar-refractivity contribution in [2.45, 2.75) is 13.8 Å². The number of carbonyl (C=O) groups excluding carboxylic acids is 1. The molecule has 2 aromatic carbocycles. The molecule has 0 saturated carbocycles. The molecular formula is C23H19ClN4O2. The summed E-state index contributed by atoms with van der Waals surface area (Å²) < 4.78 is 1.89. The predicted molar refractivity (Wildman–Crippen MR) is 119 cm³/mol. The van der Waals surface area contributed by atoms with Crippen molar-refractivity contribution in [1.29, 1.82) is 0 Å². The molecule has 0 bridgehead atoms. The van der Waals surface area contributed by atoms with Gasteiger partial charge in [-0.3, -0.25) is 14.6 Å². The minimum atomic E-state index is -0.672. The Bertz CT molecular complexity index is 1250. The van der Waals surface area contributed by atoms with E-state index in [1.165, 1.54) is 6.21 Å². The van der Waals surface area contributed by atoms with Crippen molar-refractivity contribution < 1.29 is 9.63 Å². The summed E-state index contributed by atoms with van der Waals surface area (Å²) in [6, 6.07) is 18.8. The van der Waals surface area contributed by atoms with Crippen LogP contribution in [0.1, 0.15) is 16.8 Å². The fourth-order valence-electron chi connectivity index (χ4n) is 3.10. The minimum absolute atomic E-state index is 0.641. The highest BCUT2D eigenvalue weighted by molar-refractivity contribution is 6.30. The first kappa shape index (κ1) is 19.7. The average Bonchev–Trinajstić information content (AvgIpc) is 3.06. The topological polar surface area (TPSA) is 68.0 Å². The van der Waals surface area contributed by atoms with Gasteiger partial charge >= 0.3 is 6.09 Å². The van der Waals surface area contributed by atoms with E-state index in [-0.39, 0.29) is 0 Å². The number of aryl methyl sites for hydroxylation is 2. The van der Waals surface area contributed by atoms with Gasteiger partial charge in [0.1, 0.15) is 5.65 Å². The van der Waals surface area contributed by atoms with E-state index in [1.807, 2.05) is 66.9 Å². The first-order chi connectivity index (χ1) is 14.5. The summed E-state index contributed by atoms with van der Waals surface area (Å²) in [4.78, 5) is 21.8. The normalized spacial score (nSPS) is 11.2. The fourth-order valence-corrected chi connectivity index (χ4v) is 3.22. The van der Waals surface area contributed by atoms with Crippen molar-refractivity contribution in [3.8, 4) is 11.3 Å². The van der Waals surface area contributed by atoms with Crippen molar-refractivity contribution >= 4 is 35.2 Å². The number of carbonyl (C=O) groups is 1. The van der Waals surface area contributed by atoms with Gasteiger partial charge in [-0.05, 0) is 61.4 Å². The zero-order valence-electron chi connectivity index (χ0n) is 16.5. The van der Waals surface area contributed by atoms with Crippen LogP contribution in [0.3, 0.4) is 0 Å². The Kier molecular flexibility index (Phi) is 5.50. The third-order valence-corrected chi connectivity index (χ3v) is 4.76. The maximum atomic E-state index is 12.1. The molecule has 0 aliphatic carbocycles. The van der Waals surface area contributed by atoms with Gasteiger partial charge in [-0.1, -0.05) is 41.0 Å². The number of hydrogen-bond acceptors (Lipinski definition) is 4. The van der Waals surface area contributed by atoms with E-state index < -0.39 is 6.09 Å². The van der Waals surface area contributed by atoms with Crippen LogP contribution in [-0.4, -0.2) is 21.7 Å². The summed E-state index contributed by atoms with van der Waals surface area (Å²) in [5.74, 6) is 0. The molecule has 6 nitrogen and oxygen atoms in total. The van der Waals surface area contributed by atoms with Crippen LogP contribution in [0.4, 0.5) is 10.5 Å². The van der Waals surface area contributed by atoms with E-state index >= 15 is 0 Å². The molecule has 0 radical (unpaired) electrons. The lowest BCUT2D eigenvalue weighted by Crippen LogP contribution is -2.11. The number of halogens is 1. The molecule has 2 aromatic heterocycles. The largest absolute Gasteiger partial charge is 0.437 e. The summed E-state index contributed by atoms with van der Waals surface area (Å²) in [5.41, 5.74) is 5.82. The number of nitrogens with zero attached hydrogens (tertiary/aromatic N) is 3. The number of oxime groups is 1. The van der Waals surface area contributed by atoms with E-state index in [0.29, 0.717) is 22.1 Å². The van der Waals surface area contributed by atoms with Gasteiger partial charge in [-0.2, -0.15) is 0 Å². The molecule has 1 amide bonds. The second-order valence-corrected chi connectivity index (χ2v) is 7.33. The number of rotatable bonds is 4. The highest BCUT2D eigenvalue weighted by Gasteiger charge is 2.13. The van der Waals surface area contributed by atoms with Crippen LogP contribution in [0.2, 0.25) is 5.02 Å². The molecule has 0 aliphatic heterocycles. The molecule has 7 heteroatoms. The quantitative estimate of drug-likeness (QED) is 0.256. The van der Waals surface area contributed by atoms with Gasteiger partial charge in [0.15, 0.2) is 0 Å². The molecule has 0 unspecified atom stereocenters. The molecule has 0 atom stereocenters. The van der Waals surface area contributed by atoms with E-state index in [4.69, 9.17) is 21.4 Å². The van der Waals surface area contributed by atoms with Gasteiger partial charge in [0, 0.05) is 22.5 Å². The SMILES string of the molecule is Cc1cccc(NC(=O)O/N=C/c2c(-c3ccc(Cl)cc3)nc3cc(C)ccn23)c1. The molecule has 1 N–H and O–H groups in total. The van der Waals surface area contributed by atoms with Gasteiger partial charge in [0.25, 0.3) is 0 Å². The van der Waals surface area contributed by atoms with E-state index in [1.54, 1.807) is 18.2 Å². The number of amides is 1. The molecule has 0 fully saturated rings. The highest BCUT2D eigenvalue weighted by atomic mass is 35.5. The molecule has 4 rings (SSSR count). The maximum Gasteiger partial charge on any atom is 0.437 e. The molecule has 0 aliphatic rings. The van der Waals surface area contributed by atoms with Gasteiger partial charge in [-0.15, -0.1) is 0 Å². The van der Waals surface area contributed by atoms with Crippen molar-refractivity contribution in [2.75, 3.05) is 5.32 Å². The number of fused-ring (bicyclic) bond motifs is 1. The Morgan fingerprint density at radius 1 is 1.10 bits per heavy atom. The average molecular weight is 419 g/mol. The Balaban J connectivity index is 1.61. The maximum absolute atomic E-state index is 12.1. The lowest BCUT2D eigenvalue weighted by atomic mass is 10.1. The summed E-state index contributed by atoms with van der Waals surface area (Å²) >= 11 is 6.02. The number of anilines is 1. The van der Waals surface area contributed by atoms with Crippen LogP contribution in [0.5, 0.6) is 0 Å². The monoisotopic (exact) mass is 418 g/mol. The van der Waals surface area contributed by atoms with Crippen molar-refractivity contribution in [1.82, 2.24) is 9.38 Å². The summed E-state index contributed by atoms with van der Waals surface area (Å²) in [7, 11) is 0. The van der Waals surface area contributed by atoms with Crippen molar-refractivity contribution in [3.05, 3.63) is 88.7 Å². The van der Waals surface area contributed by atoms with Crippen LogP contribution < -0.4 is 5.32 Å². The van der Waals surface area contributed by atoms with Crippen LogP contribution >= 0.6 is 11.6 Å². The Morgan fingerprint density at radius 2 is 1.87 bits per heavy atom. The summed E-state index contributed by atoms with van der Waals surface area (Å²) in [6.45, 7) is 3.95. The number of nitrogens with one attached hydrogen (secondary N) is 1. The second kappa shape index (κ2) is 8.39. The predicted octanol–water partition coefficient (Wildman–Crippen LogP) is 5.85. The number of benzene rings is 2. The smallest absolute Gasteiger partial charge is 0.298 e. The molecule has 4 aromatic rings. The first-order valence-corrected chi connectivity index (χ1v) is 9.70. The lowest BCUT2D eigenvalue weighted by molar-refractivity contribution is 0.167. The van der Waals surface area contributed by atoms with Crippen molar-refractivity contribution in [3.63, 3.8) is 0 Å². The lowest BCUT2D eigenvalue weighted by Gasteiger charge is -2.04. The van der Waals surface area contributed by atoms with E-state index in [0.717, 1.165) is 22.3 Å². The third kappa shape index (κ3) is 4.34. The summed E-state index contributed by atoms with van der Waals surface area (Å²) in [6.07, 6.45) is 2.72. The van der Waals surface area contributed by atoms with Crippen molar-refractivity contribution in [2.24, 2.45) is 5.16 Å². The van der Waals surface area contributed by atoms with Gasteiger partial charge < -0.3 is 0 Å². The molecular weight excluding hydrogens is 400 g/mol. The van der Waals surface area contributed by atoms with Gasteiger partial charge in [0.2, 0.25) is 0 Å². The Morgan fingerprint density at radius 3 is 2.63 bits per heavy atom. The van der Waals surface area contributed by atoms with Crippen LogP contribution in [0.15, 0.2) is 72.0 Å². The molecule has 2 heterocycles. The Labute approximate surface area is 178 Å². The second-order valence-electron chi connectivity index (χ2n) is 6.89. The van der Waals surface area contributed by atoms with Crippen LogP contribution in [0, 0.1) is 13.8 Å².